The van der Waals surface area contributed by atoms with Crippen LogP contribution in [-0.2, 0) is 6.42 Å². The van der Waals surface area contributed by atoms with Crippen molar-refractivity contribution in [3.8, 4) is 0 Å². The molecule has 0 amide bonds. The zero-order valence-electron chi connectivity index (χ0n) is 17.8. The average Bonchev–Trinajstić information content (AvgIpc) is 2.69. The Morgan fingerprint density at radius 1 is 0.654 bits per heavy atom. The van der Waals surface area contributed by atoms with Gasteiger partial charge in [0, 0.05) is 0 Å². The molecule has 0 heteroatoms. The zero-order valence-corrected chi connectivity index (χ0v) is 17.8. The van der Waals surface area contributed by atoms with E-state index in [0.717, 1.165) is 11.8 Å². The third kappa shape index (κ3) is 8.28. The minimum Gasteiger partial charge on any atom is -0.0654 e. The molecule has 1 aliphatic rings. The number of rotatable bonds is 13. The van der Waals surface area contributed by atoms with E-state index in [-0.39, 0.29) is 0 Å². The predicted octanol–water partition coefficient (Wildman–Crippen LogP) is 8.83. The normalized spacial score (nSPS) is 20.4. The highest BCUT2D eigenvalue weighted by Crippen LogP contribution is 2.37. The van der Waals surface area contributed by atoms with Crippen LogP contribution < -0.4 is 0 Å². The lowest BCUT2D eigenvalue weighted by Crippen LogP contribution is -2.13. The summed E-state index contributed by atoms with van der Waals surface area (Å²) in [5.74, 6) is 1.86. The lowest BCUT2D eigenvalue weighted by molar-refractivity contribution is 0.302. The van der Waals surface area contributed by atoms with Gasteiger partial charge in [-0.05, 0) is 61.5 Å². The Balaban J connectivity index is 1.62. The van der Waals surface area contributed by atoms with Crippen LogP contribution in [0.25, 0.3) is 0 Å². The van der Waals surface area contributed by atoms with Gasteiger partial charge in [-0.25, -0.2) is 0 Å². The van der Waals surface area contributed by atoms with Crippen LogP contribution in [-0.4, -0.2) is 0 Å². The van der Waals surface area contributed by atoms with Gasteiger partial charge in [0.2, 0.25) is 0 Å². The molecule has 0 atom stereocenters. The zero-order chi connectivity index (χ0) is 18.5. The van der Waals surface area contributed by atoms with Crippen molar-refractivity contribution in [3.05, 3.63) is 35.4 Å². The molecular formula is C26H44. The number of hydrogen-bond donors (Lipinski definition) is 0. The summed E-state index contributed by atoms with van der Waals surface area (Å²) in [5, 5.41) is 0. The second-order valence-electron chi connectivity index (χ2n) is 8.83. The Labute approximate surface area is 164 Å². The summed E-state index contributed by atoms with van der Waals surface area (Å²) in [6.45, 7) is 4.60. The van der Waals surface area contributed by atoms with Crippen molar-refractivity contribution in [1.29, 1.82) is 0 Å². The number of benzene rings is 1. The first-order valence-corrected chi connectivity index (χ1v) is 11.9. The van der Waals surface area contributed by atoms with Crippen molar-refractivity contribution in [1.82, 2.24) is 0 Å². The molecule has 0 nitrogen and oxygen atoms in total. The van der Waals surface area contributed by atoms with Crippen LogP contribution in [0.5, 0.6) is 0 Å². The van der Waals surface area contributed by atoms with Crippen LogP contribution in [0.2, 0.25) is 0 Å². The van der Waals surface area contributed by atoms with E-state index in [9.17, 15) is 0 Å². The molecule has 1 aromatic rings. The molecule has 0 saturated heterocycles. The van der Waals surface area contributed by atoms with Crippen molar-refractivity contribution >= 4 is 0 Å². The molecule has 1 fully saturated rings. The van der Waals surface area contributed by atoms with Crippen molar-refractivity contribution in [2.45, 2.75) is 122 Å². The lowest BCUT2D eigenvalue weighted by atomic mass is 9.77. The first-order chi connectivity index (χ1) is 12.8. The largest absolute Gasteiger partial charge is 0.0654 e. The highest BCUT2D eigenvalue weighted by Gasteiger charge is 2.21. The molecule has 148 valence electrons. The molecule has 2 rings (SSSR count). The van der Waals surface area contributed by atoms with Crippen molar-refractivity contribution in [2.24, 2.45) is 5.92 Å². The first-order valence-electron chi connectivity index (χ1n) is 11.9. The Morgan fingerprint density at radius 2 is 1.23 bits per heavy atom. The maximum absolute atomic E-state index is 2.44. The highest BCUT2D eigenvalue weighted by atomic mass is 14.3. The summed E-state index contributed by atoms with van der Waals surface area (Å²) in [7, 11) is 0. The van der Waals surface area contributed by atoms with Gasteiger partial charge in [0.05, 0.1) is 0 Å². The Hall–Kier alpha value is -0.780. The second kappa shape index (κ2) is 13.4. The molecule has 1 saturated carbocycles. The topological polar surface area (TPSA) is 0 Å². The standard InChI is InChI=1S/C26H44/c1-3-5-7-9-11-13-23-15-19-25(20-16-23)26-21-17-24(18-22-26)14-12-10-8-6-4-2/h15-16,19-20,24,26H,3-14,17-18,21-22H2,1-2H3. The maximum atomic E-state index is 2.44. The third-order valence-corrected chi connectivity index (χ3v) is 6.58. The molecule has 1 aliphatic carbocycles. The molecule has 0 aliphatic heterocycles. The van der Waals surface area contributed by atoms with E-state index in [4.69, 9.17) is 0 Å². The van der Waals surface area contributed by atoms with Crippen LogP contribution in [0.4, 0.5) is 0 Å². The summed E-state index contributed by atoms with van der Waals surface area (Å²) in [5.41, 5.74) is 3.16. The van der Waals surface area contributed by atoms with Gasteiger partial charge in [-0.2, -0.15) is 0 Å². The van der Waals surface area contributed by atoms with Crippen molar-refractivity contribution in [3.63, 3.8) is 0 Å². The van der Waals surface area contributed by atoms with Crippen LogP contribution >= 0.6 is 0 Å². The SMILES string of the molecule is CCCCCCCc1ccc(C2CCC(CCCCCCC)CC2)cc1. The molecule has 0 N–H and O–H groups in total. The number of aryl methyl sites for hydroxylation is 1. The van der Waals surface area contributed by atoms with Gasteiger partial charge in [-0.3, -0.25) is 0 Å². The van der Waals surface area contributed by atoms with E-state index in [0.29, 0.717) is 0 Å². The van der Waals surface area contributed by atoms with E-state index in [1.54, 1.807) is 11.1 Å². The molecule has 0 unspecified atom stereocenters. The van der Waals surface area contributed by atoms with E-state index in [1.165, 1.54) is 103 Å². The van der Waals surface area contributed by atoms with Gasteiger partial charge in [-0.15, -0.1) is 0 Å². The molecule has 1 aromatic carbocycles. The van der Waals surface area contributed by atoms with E-state index in [1.807, 2.05) is 0 Å². The molecule has 0 radical (unpaired) electrons. The summed E-state index contributed by atoms with van der Waals surface area (Å²) in [6.07, 6.45) is 22.7. The van der Waals surface area contributed by atoms with Gasteiger partial charge in [0.15, 0.2) is 0 Å². The smallest absolute Gasteiger partial charge is 0.0162 e. The van der Waals surface area contributed by atoms with Crippen LogP contribution in [0.1, 0.15) is 127 Å². The fourth-order valence-corrected chi connectivity index (χ4v) is 4.71. The molecule has 26 heavy (non-hydrogen) atoms. The monoisotopic (exact) mass is 356 g/mol. The van der Waals surface area contributed by atoms with Crippen molar-refractivity contribution in [2.75, 3.05) is 0 Å². The summed E-state index contributed by atoms with van der Waals surface area (Å²) in [6, 6.07) is 9.71. The van der Waals surface area contributed by atoms with Crippen LogP contribution in [0.15, 0.2) is 24.3 Å². The van der Waals surface area contributed by atoms with Crippen LogP contribution in [0.3, 0.4) is 0 Å². The highest BCUT2D eigenvalue weighted by molar-refractivity contribution is 5.25. The average molecular weight is 357 g/mol. The maximum Gasteiger partial charge on any atom is -0.0162 e. The number of hydrogen-bond acceptors (Lipinski definition) is 0. The lowest BCUT2D eigenvalue weighted by Gasteiger charge is -2.29. The van der Waals surface area contributed by atoms with Gasteiger partial charge < -0.3 is 0 Å². The van der Waals surface area contributed by atoms with E-state index in [2.05, 4.69) is 38.1 Å². The predicted molar refractivity (Wildman–Crippen MR) is 117 cm³/mol. The quantitative estimate of drug-likeness (QED) is 0.310. The fourth-order valence-electron chi connectivity index (χ4n) is 4.71. The Bertz CT molecular complexity index is 436. The molecule has 0 bridgehead atoms. The minimum atomic E-state index is 0.838. The summed E-state index contributed by atoms with van der Waals surface area (Å²) < 4.78 is 0. The summed E-state index contributed by atoms with van der Waals surface area (Å²) >= 11 is 0. The Kier molecular flexibility index (Phi) is 11.1. The number of unbranched alkanes of at least 4 members (excludes halogenated alkanes) is 8. The molecule has 0 spiro atoms. The van der Waals surface area contributed by atoms with Gasteiger partial charge >= 0.3 is 0 Å². The second-order valence-corrected chi connectivity index (χ2v) is 8.83. The fraction of sp³-hybridized carbons (Fsp3) is 0.769. The first kappa shape index (κ1) is 21.5. The summed E-state index contributed by atoms with van der Waals surface area (Å²) in [4.78, 5) is 0. The minimum absolute atomic E-state index is 0.838. The van der Waals surface area contributed by atoms with Gasteiger partial charge in [0.1, 0.15) is 0 Å². The molecule has 0 aromatic heterocycles. The van der Waals surface area contributed by atoms with Gasteiger partial charge in [0.25, 0.3) is 0 Å². The van der Waals surface area contributed by atoms with Gasteiger partial charge in [-0.1, -0.05) is 102 Å². The third-order valence-electron chi connectivity index (χ3n) is 6.58. The van der Waals surface area contributed by atoms with Crippen molar-refractivity contribution < 1.29 is 0 Å². The van der Waals surface area contributed by atoms with E-state index >= 15 is 0 Å². The molecule has 0 heterocycles. The van der Waals surface area contributed by atoms with E-state index < -0.39 is 0 Å². The molecular weight excluding hydrogens is 312 g/mol. The Morgan fingerprint density at radius 3 is 1.85 bits per heavy atom. The van der Waals surface area contributed by atoms with Crippen LogP contribution in [0, 0.1) is 5.92 Å².